The fraction of sp³-hybridized carbons (Fsp3) is 0.167. The molecule has 2 rings (SSSR count). The Hall–Kier alpha value is -0.570. The SMILES string of the molecule is IC1=C(c2ccccc2)C=CCC1. The third kappa shape index (κ3) is 2.02. The molecule has 1 aromatic rings. The van der Waals surface area contributed by atoms with E-state index in [2.05, 4.69) is 65.1 Å². The minimum Gasteiger partial charge on any atom is -0.0835 e. The van der Waals surface area contributed by atoms with Crippen molar-refractivity contribution in [2.75, 3.05) is 0 Å². The topological polar surface area (TPSA) is 0 Å². The third-order valence-electron chi connectivity index (χ3n) is 2.19. The summed E-state index contributed by atoms with van der Waals surface area (Å²) < 4.78 is 1.48. The lowest BCUT2D eigenvalue weighted by atomic mass is 10.00. The van der Waals surface area contributed by atoms with Gasteiger partial charge in [0.1, 0.15) is 0 Å². The zero-order chi connectivity index (χ0) is 9.10. The molecule has 0 spiro atoms. The summed E-state index contributed by atoms with van der Waals surface area (Å²) in [7, 11) is 0. The summed E-state index contributed by atoms with van der Waals surface area (Å²) in [6, 6.07) is 10.6. The van der Waals surface area contributed by atoms with E-state index in [1.165, 1.54) is 27.6 Å². The van der Waals surface area contributed by atoms with Crippen molar-refractivity contribution < 1.29 is 0 Å². The van der Waals surface area contributed by atoms with E-state index in [0.717, 1.165) is 0 Å². The Labute approximate surface area is 92.5 Å². The Bertz CT molecular complexity index is 347. The van der Waals surface area contributed by atoms with E-state index in [9.17, 15) is 0 Å². The zero-order valence-electron chi connectivity index (χ0n) is 7.33. The monoisotopic (exact) mass is 282 g/mol. The molecule has 0 unspecified atom stereocenters. The lowest BCUT2D eigenvalue weighted by Crippen LogP contribution is -1.88. The standard InChI is InChI=1S/C12H11I/c13-12-9-5-4-8-11(12)10-6-2-1-3-7-10/h1-4,6-8H,5,9H2. The highest BCUT2D eigenvalue weighted by Gasteiger charge is 2.06. The molecule has 13 heavy (non-hydrogen) atoms. The molecule has 66 valence electrons. The van der Waals surface area contributed by atoms with Gasteiger partial charge < -0.3 is 0 Å². The van der Waals surface area contributed by atoms with Crippen LogP contribution in [-0.2, 0) is 0 Å². The number of benzene rings is 1. The van der Waals surface area contributed by atoms with E-state index in [1.54, 1.807) is 0 Å². The number of rotatable bonds is 1. The van der Waals surface area contributed by atoms with Crippen LogP contribution < -0.4 is 0 Å². The van der Waals surface area contributed by atoms with Gasteiger partial charge in [-0.25, -0.2) is 0 Å². The predicted molar refractivity (Wildman–Crippen MR) is 65.8 cm³/mol. The molecule has 0 nitrogen and oxygen atoms in total. The van der Waals surface area contributed by atoms with Crippen LogP contribution in [0.1, 0.15) is 18.4 Å². The molecule has 0 saturated carbocycles. The summed E-state index contributed by atoms with van der Waals surface area (Å²) in [6.07, 6.45) is 6.88. The molecule has 1 aliphatic rings. The maximum absolute atomic E-state index is 2.45. The lowest BCUT2D eigenvalue weighted by Gasteiger charge is -2.10. The summed E-state index contributed by atoms with van der Waals surface area (Å²) >= 11 is 2.45. The van der Waals surface area contributed by atoms with Crippen LogP contribution in [0.15, 0.2) is 46.1 Å². The van der Waals surface area contributed by atoms with Crippen LogP contribution in [0, 0.1) is 0 Å². The molecule has 0 atom stereocenters. The van der Waals surface area contributed by atoms with Crippen LogP contribution in [0.25, 0.3) is 5.57 Å². The maximum Gasteiger partial charge on any atom is -0.00127 e. The Kier molecular flexibility index (Phi) is 2.83. The average Bonchev–Trinajstić information content (AvgIpc) is 2.20. The third-order valence-corrected chi connectivity index (χ3v) is 3.31. The fourth-order valence-electron chi connectivity index (χ4n) is 1.51. The van der Waals surface area contributed by atoms with Crippen LogP contribution in [0.2, 0.25) is 0 Å². The van der Waals surface area contributed by atoms with Gasteiger partial charge in [-0.15, -0.1) is 0 Å². The summed E-state index contributed by atoms with van der Waals surface area (Å²) in [6.45, 7) is 0. The van der Waals surface area contributed by atoms with Crippen molar-refractivity contribution in [1.29, 1.82) is 0 Å². The molecular formula is C12H11I. The molecule has 0 heterocycles. The van der Waals surface area contributed by atoms with E-state index in [1.807, 2.05) is 0 Å². The second-order valence-electron chi connectivity index (χ2n) is 3.13. The van der Waals surface area contributed by atoms with Crippen molar-refractivity contribution in [3.05, 3.63) is 51.6 Å². The largest absolute Gasteiger partial charge is 0.0835 e. The Morgan fingerprint density at radius 1 is 1.08 bits per heavy atom. The van der Waals surface area contributed by atoms with Gasteiger partial charge in [0, 0.05) is 0 Å². The molecule has 1 heteroatoms. The number of allylic oxidation sites excluding steroid dienone is 4. The van der Waals surface area contributed by atoms with Crippen LogP contribution in [-0.4, -0.2) is 0 Å². The van der Waals surface area contributed by atoms with Gasteiger partial charge in [-0.2, -0.15) is 0 Å². The van der Waals surface area contributed by atoms with Gasteiger partial charge in [0.15, 0.2) is 0 Å². The fourth-order valence-corrected chi connectivity index (χ4v) is 2.31. The van der Waals surface area contributed by atoms with E-state index in [4.69, 9.17) is 0 Å². The molecule has 1 aliphatic carbocycles. The van der Waals surface area contributed by atoms with Crippen molar-refractivity contribution in [3.8, 4) is 0 Å². The molecular weight excluding hydrogens is 271 g/mol. The highest BCUT2D eigenvalue weighted by atomic mass is 127. The van der Waals surface area contributed by atoms with Gasteiger partial charge in [0.05, 0.1) is 0 Å². The normalized spacial score (nSPS) is 16.4. The summed E-state index contributed by atoms with van der Waals surface area (Å²) in [5.74, 6) is 0. The molecule has 0 fully saturated rings. The molecule has 1 aromatic carbocycles. The first kappa shape index (κ1) is 9.00. The quantitative estimate of drug-likeness (QED) is 0.678. The molecule has 0 aromatic heterocycles. The average molecular weight is 282 g/mol. The van der Waals surface area contributed by atoms with Gasteiger partial charge in [-0.1, -0.05) is 42.5 Å². The van der Waals surface area contributed by atoms with Gasteiger partial charge in [-0.3, -0.25) is 0 Å². The molecule has 0 radical (unpaired) electrons. The smallest absolute Gasteiger partial charge is 0.00127 e. The van der Waals surface area contributed by atoms with Crippen LogP contribution >= 0.6 is 22.6 Å². The Balaban J connectivity index is 2.41. The van der Waals surface area contributed by atoms with Crippen molar-refractivity contribution in [3.63, 3.8) is 0 Å². The van der Waals surface area contributed by atoms with Crippen molar-refractivity contribution in [1.82, 2.24) is 0 Å². The Morgan fingerprint density at radius 3 is 2.54 bits per heavy atom. The van der Waals surface area contributed by atoms with E-state index in [-0.39, 0.29) is 0 Å². The van der Waals surface area contributed by atoms with Crippen molar-refractivity contribution in [2.45, 2.75) is 12.8 Å². The Morgan fingerprint density at radius 2 is 1.85 bits per heavy atom. The van der Waals surface area contributed by atoms with Crippen molar-refractivity contribution >= 4 is 28.2 Å². The van der Waals surface area contributed by atoms with Crippen LogP contribution in [0.5, 0.6) is 0 Å². The molecule has 0 saturated heterocycles. The molecule has 0 N–H and O–H groups in total. The zero-order valence-corrected chi connectivity index (χ0v) is 9.49. The van der Waals surface area contributed by atoms with Gasteiger partial charge in [-0.05, 0) is 50.1 Å². The molecule has 0 amide bonds. The lowest BCUT2D eigenvalue weighted by molar-refractivity contribution is 1.03. The molecule has 0 aliphatic heterocycles. The van der Waals surface area contributed by atoms with Gasteiger partial charge >= 0.3 is 0 Å². The minimum absolute atomic E-state index is 1.19. The maximum atomic E-state index is 2.45. The first-order chi connectivity index (χ1) is 6.38. The number of hydrogen-bond acceptors (Lipinski definition) is 0. The molecule has 0 bridgehead atoms. The number of hydrogen-bond donors (Lipinski definition) is 0. The van der Waals surface area contributed by atoms with E-state index >= 15 is 0 Å². The highest BCUT2D eigenvalue weighted by molar-refractivity contribution is 14.1. The van der Waals surface area contributed by atoms with Gasteiger partial charge in [0.2, 0.25) is 0 Å². The predicted octanol–water partition coefficient (Wildman–Crippen LogP) is 4.18. The summed E-state index contributed by atoms with van der Waals surface area (Å²) in [5, 5.41) is 0. The van der Waals surface area contributed by atoms with Crippen LogP contribution in [0.3, 0.4) is 0 Å². The summed E-state index contributed by atoms with van der Waals surface area (Å²) in [4.78, 5) is 0. The van der Waals surface area contributed by atoms with E-state index in [0.29, 0.717) is 0 Å². The summed E-state index contributed by atoms with van der Waals surface area (Å²) in [5.41, 5.74) is 2.73. The second-order valence-corrected chi connectivity index (χ2v) is 4.43. The van der Waals surface area contributed by atoms with E-state index < -0.39 is 0 Å². The van der Waals surface area contributed by atoms with Crippen molar-refractivity contribution in [2.24, 2.45) is 0 Å². The first-order valence-electron chi connectivity index (χ1n) is 4.48. The first-order valence-corrected chi connectivity index (χ1v) is 5.56. The second kappa shape index (κ2) is 4.09. The minimum atomic E-state index is 1.19. The highest BCUT2D eigenvalue weighted by Crippen LogP contribution is 2.31. The number of halogens is 1. The van der Waals surface area contributed by atoms with Crippen LogP contribution in [0.4, 0.5) is 0 Å². The van der Waals surface area contributed by atoms with Gasteiger partial charge in [0.25, 0.3) is 0 Å².